The van der Waals surface area contributed by atoms with Crippen LogP contribution in [0.2, 0.25) is 0 Å². The highest BCUT2D eigenvalue weighted by Crippen LogP contribution is 2.18. The molecule has 0 atom stereocenters. The van der Waals surface area contributed by atoms with Gasteiger partial charge in [-0.25, -0.2) is 4.98 Å². The molecule has 4 nitrogen and oxygen atoms in total. The number of unbranched alkanes of at least 4 members (excludes halogenated alkanes) is 2. The van der Waals surface area contributed by atoms with Crippen LogP contribution in [-0.4, -0.2) is 22.0 Å². The molecule has 4 heteroatoms. The van der Waals surface area contributed by atoms with E-state index >= 15 is 0 Å². The average molecular weight is 390 g/mol. The predicted molar refractivity (Wildman–Crippen MR) is 121 cm³/mol. The van der Waals surface area contributed by atoms with E-state index in [-0.39, 0.29) is 5.91 Å². The lowest BCUT2D eigenvalue weighted by Crippen LogP contribution is -2.23. The van der Waals surface area contributed by atoms with Crippen molar-refractivity contribution in [3.63, 3.8) is 0 Å². The number of allylic oxidation sites excluding steroid dienone is 1. The molecule has 0 aliphatic rings. The molecule has 3 rings (SSSR count). The molecule has 0 saturated heterocycles. The smallest absolute Gasteiger partial charge is 0.219 e. The van der Waals surface area contributed by atoms with Gasteiger partial charge in [0.15, 0.2) is 0 Å². The number of hydrogen-bond donors (Lipinski definition) is 1. The first-order valence-corrected chi connectivity index (χ1v) is 10.7. The number of amides is 1. The average Bonchev–Trinajstić information content (AvgIpc) is 3.09. The Morgan fingerprint density at radius 3 is 2.66 bits per heavy atom. The first-order chi connectivity index (χ1) is 14.3. The van der Waals surface area contributed by atoms with Crippen molar-refractivity contribution >= 4 is 23.0 Å². The minimum Gasteiger partial charge on any atom is -0.356 e. The Labute approximate surface area is 173 Å². The molecular formula is C25H31N3O. The highest BCUT2D eigenvalue weighted by molar-refractivity contribution is 5.76. The molecule has 0 radical (unpaired) electrons. The van der Waals surface area contributed by atoms with Gasteiger partial charge in [-0.15, -0.1) is 0 Å². The summed E-state index contributed by atoms with van der Waals surface area (Å²) in [6.07, 6.45) is 10.0. The number of nitrogens with one attached hydrogen (secondary N) is 1. The maximum Gasteiger partial charge on any atom is 0.219 e. The summed E-state index contributed by atoms with van der Waals surface area (Å²) in [4.78, 5) is 16.4. The fourth-order valence-corrected chi connectivity index (χ4v) is 3.51. The third kappa shape index (κ3) is 6.31. The van der Waals surface area contributed by atoms with Crippen LogP contribution in [0, 0.1) is 0 Å². The quantitative estimate of drug-likeness (QED) is 0.448. The topological polar surface area (TPSA) is 46.9 Å². The van der Waals surface area contributed by atoms with Crippen LogP contribution < -0.4 is 5.32 Å². The zero-order valence-electron chi connectivity index (χ0n) is 17.3. The first kappa shape index (κ1) is 20.8. The number of para-hydroxylation sites is 2. The van der Waals surface area contributed by atoms with Gasteiger partial charge in [-0.2, -0.15) is 0 Å². The number of rotatable bonds is 11. The zero-order valence-corrected chi connectivity index (χ0v) is 17.3. The molecule has 0 aliphatic carbocycles. The predicted octanol–water partition coefficient (Wildman–Crippen LogP) is 5.38. The van der Waals surface area contributed by atoms with Crippen molar-refractivity contribution in [2.75, 3.05) is 6.54 Å². The first-order valence-electron chi connectivity index (χ1n) is 10.7. The van der Waals surface area contributed by atoms with Crippen LogP contribution in [0.1, 0.15) is 50.4 Å². The van der Waals surface area contributed by atoms with E-state index in [9.17, 15) is 4.79 Å². The summed E-state index contributed by atoms with van der Waals surface area (Å²) in [7, 11) is 0. The maximum atomic E-state index is 11.5. The van der Waals surface area contributed by atoms with Gasteiger partial charge in [0.1, 0.15) is 5.82 Å². The SMILES string of the molecule is CCCC(=O)NCCCCCc1nc2ccccc2n1C/C=C/c1ccccc1. The fourth-order valence-electron chi connectivity index (χ4n) is 3.51. The fraction of sp³-hybridized carbons (Fsp3) is 0.360. The van der Waals surface area contributed by atoms with Crippen molar-refractivity contribution in [2.45, 2.75) is 52.0 Å². The van der Waals surface area contributed by atoms with E-state index < -0.39 is 0 Å². The number of carbonyl (C=O) groups excluding carboxylic acids is 1. The molecule has 29 heavy (non-hydrogen) atoms. The molecule has 1 N–H and O–H groups in total. The second kappa shape index (κ2) is 11.2. The van der Waals surface area contributed by atoms with E-state index in [1.165, 1.54) is 11.1 Å². The van der Waals surface area contributed by atoms with Gasteiger partial charge in [-0.1, -0.05) is 68.0 Å². The second-order valence-electron chi connectivity index (χ2n) is 7.35. The summed E-state index contributed by atoms with van der Waals surface area (Å²) < 4.78 is 2.32. The molecule has 0 fully saturated rings. The molecule has 1 heterocycles. The van der Waals surface area contributed by atoms with Crippen molar-refractivity contribution in [2.24, 2.45) is 0 Å². The molecule has 0 aliphatic heterocycles. The van der Waals surface area contributed by atoms with Crippen LogP contribution in [-0.2, 0) is 17.8 Å². The van der Waals surface area contributed by atoms with Gasteiger partial charge < -0.3 is 9.88 Å². The van der Waals surface area contributed by atoms with Crippen molar-refractivity contribution in [1.29, 1.82) is 0 Å². The molecule has 0 bridgehead atoms. The maximum absolute atomic E-state index is 11.5. The van der Waals surface area contributed by atoms with Gasteiger partial charge in [-0.05, 0) is 37.0 Å². The number of aryl methyl sites for hydroxylation is 1. The Morgan fingerprint density at radius 1 is 1.03 bits per heavy atom. The van der Waals surface area contributed by atoms with Crippen molar-refractivity contribution in [3.05, 3.63) is 72.1 Å². The van der Waals surface area contributed by atoms with Gasteiger partial charge in [0.2, 0.25) is 5.91 Å². The minimum absolute atomic E-state index is 0.166. The lowest BCUT2D eigenvalue weighted by molar-refractivity contribution is -0.121. The Hall–Kier alpha value is -2.88. The zero-order chi connectivity index (χ0) is 20.3. The van der Waals surface area contributed by atoms with E-state index in [4.69, 9.17) is 4.98 Å². The molecule has 1 aromatic heterocycles. The van der Waals surface area contributed by atoms with Gasteiger partial charge in [0.05, 0.1) is 11.0 Å². The van der Waals surface area contributed by atoms with Crippen LogP contribution in [0.3, 0.4) is 0 Å². The monoisotopic (exact) mass is 389 g/mol. The molecule has 0 spiro atoms. The Bertz CT molecular complexity index is 928. The number of carbonyl (C=O) groups is 1. The Kier molecular flexibility index (Phi) is 8.05. The molecule has 1 amide bonds. The third-order valence-electron chi connectivity index (χ3n) is 5.01. The van der Waals surface area contributed by atoms with E-state index in [1.54, 1.807) is 0 Å². The second-order valence-corrected chi connectivity index (χ2v) is 7.35. The summed E-state index contributed by atoms with van der Waals surface area (Å²) in [5.41, 5.74) is 3.46. The van der Waals surface area contributed by atoms with E-state index in [0.717, 1.165) is 56.5 Å². The van der Waals surface area contributed by atoms with Gasteiger partial charge in [0, 0.05) is 25.9 Å². The van der Waals surface area contributed by atoms with Crippen LogP contribution in [0.5, 0.6) is 0 Å². The number of imidazole rings is 1. The summed E-state index contributed by atoms with van der Waals surface area (Å²) >= 11 is 0. The molecule has 3 aromatic rings. The lowest BCUT2D eigenvalue weighted by Gasteiger charge is -2.07. The lowest BCUT2D eigenvalue weighted by atomic mass is 10.2. The van der Waals surface area contributed by atoms with Crippen LogP contribution in [0.25, 0.3) is 17.1 Å². The van der Waals surface area contributed by atoms with Gasteiger partial charge in [0.25, 0.3) is 0 Å². The standard InChI is InChI=1S/C25H31N3O/c1-2-12-25(29)26-19-10-4-7-18-24-27-22-16-8-9-17-23(22)28(24)20-11-15-21-13-5-3-6-14-21/h3,5-6,8-9,11,13-17H,2,4,7,10,12,18-20H2,1H3,(H,26,29)/b15-11+. The number of benzene rings is 2. The van der Waals surface area contributed by atoms with Gasteiger partial charge >= 0.3 is 0 Å². The number of fused-ring (bicyclic) bond motifs is 1. The minimum atomic E-state index is 0.166. The van der Waals surface area contributed by atoms with Crippen molar-refractivity contribution in [1.82, 2.24) is 14.9 Å². The van der Waals surface area contributed by atoms with Crippen molar-refractivity contribution < 1.29 is 4.79 Å². The number of hydrogen-bond acceptors (Lipinski definition) is 2. The molecular weight excluding hydrogens is 358 g/mol. The summed E-state index contributed by atoms with van der Waals surface area (Å²) in [5.74, 6) is 1.30. The number of aromatic nitrogens is 2. The molecule has 0 saturated carbocycles. The van der Waals surface area contributed by atoms with Crippen molar-refractivity contribution in [3.8, 4) is 0 Å². The summed E-state index contributed by atoms with van der Waals surface area (Å²) in [6, 6.07) is 18.7. The van der Waals surface area contributed by atoms with E-state index in [2.05, 4.69) is 64.5 Å². The molecule has 152 valence electrons. The summed E-state index contributed by atoms with van der Waals surface area (Å²) in [5, 5.41) is 2.99. The van der Waals surface area contributed by atoms with Crippen LogP contribution in [0.15, 0.2) is 60.7 Å². The van der Waals surface area contributed by atoms with Gasteiger partial charge in [-0.3, -0.25) is 4.79 Å². The van der Waals surface area contributed by atoms with E-state index in [1.807, 2.05) is 19.1 Å². The van der Waals surface area contributed by atoms with E-state index in [0.29, 0.717) is 6.42 Å². The highest BCUT2D eigenvalue weighted by atomic mass is 16.1. The summed E-state index contributed by atoms with van der Waals surface area (Å²) in [6.45, 7) is 3.62. The van der Waals surface area contributed by atoms with Crippen LogP contribution in [0.4, 0.5) is 0 Å². The largest absolute Gasteiger partial charge is 0.356 e. The Balaban J connectivity index is 1.57. The molecule has 0 unspecified atom stereocenters. The highest BCUT2D eigenvalue weighted by Gasteiger charge is 2.09. The number of nitrogens with zero attached hydrogens (tertiary/aromatic N) is 2. The molecule has 2 aromatic carbocycles. The van der Waals surface area contributed by atoms with Crippen LogP contribution >= 0.6 is 0 Å². The third-order valence-corrected chi connectivity index (χ3v) is 5.01. The normalized spacial score (nSPS) is 11.3. The Morgan fingerprint density at radius 2 is 1.83 bits per heavy atom.